The zero-order valence-corrected chi connectivity index (χ0v) is 26.2. The average molecular weight is 654 g/mol. The maximum absolute atomic E-state index is 14.8. The Bertz CT molecular complexity index is 2000. The number of sulfonamides is 1. The lowest BCUT2D eigenvalue weighted by atomic mass is 9.82. The third-order valence-electron chi connectivity index (χ3n) is 7.94. The Morgan fingerprint density at radius 2 is 1.76 bits per heavy atom. The highest BCUT2D eigenvalue weighted by atomic mass is 32.2. The molecule has 1 N–H and O–H groups in total. The molecule has 4 heterocycles. The van der Waals surface area contributed by atoms with Crippen molar-refractivity contribution in [3.63, 3.8) is 0 Å². The zero-order chi connectivity index (χ0) is 32.5. The second kappa shape index (κ2) is 12.2. The predicted molar refractivity (Wildman–Crippen MR) is 170 cm³/mol. The fraction of sp³-hybridized carbons (Fsp3) is 0.219. The van der Waals surface area contributed by atoms with Crippen LogP contribution in [0.2, 0.25) is 0 Å². The van der Waals surface area contributed by atoms with Crippen LogP contribution in [-0.2, 0) is 20.4 Å². The van der Waals surface area contributed by atoms with Crippen molar-refractivity contribution in [3.05, 3.63) is 99.9 Å². The molecule has 2 aromatic carbocycles. The number of thiophene rings is 1. The number of pyridine rings is 1. The normalized spacial score (nSPS) is 17.6. The molecule has 1 unspecified atom stereocenters. The number of nitrogens with zero attached hydrogens (tertiary/aromatic N) is 6. The molecule has 0 radical (unpaired) electrons. The number of piperazine rings is 1. The minimum Gasteiger partial charge on any atom is -0.493 e. The van der Waals surface area contributed by atoms with Crippen LogP contribution < -0.4 is 19.3 Å². The molecule has 12 nitrogen and oxygen atoms in total. The molecule has 46 heavy (non-hydrogen) atoms. The first-order chi connectivity index (χ1) is 22.2. The molecule has 232 valence electrons. The summed E-state index contributed by atoms with van der Waals surface area (Å²) in [6.07, 6.45) is 1.49. The molecule has 0 saturated carbocycles. The Kier molecular flexibility index (Phi) is 8.08. The molecule has 0 bridgehead atoms. The maximum Gasteiger partial charge on any atom is 0.318 e. The molecule has 0 aliphatic carbocycles. The molecular weight excluding hydrogens is 627 g/mol. The van der Waals surface area contributed by atoms with Crippen LogP contribution in [0.15, 0.2) is 82.5 Å². The van der Waals surface area contributed by atoms with E-state index in [9.17, 15) is 23.3 Å². The highest BCUT2D eigenvalue weighted by Crippen LogP contribution is 2.49. The van der Waals surface area contributed by atoms with E-state index in [-0.39, 0.29) is 52.7 Å². The number of hydrogen-bond donors (Lipinski definition) is 1. The molecule has 3 amide bonds. The lowest BCUT2D eigenvalue weighted by molar-refractivity contribution is -0.121. The summed E-state index contributed by atoms with van der Waals surface area (Å²) in [4.78, 5) is 36.8. The summed E-state index contributed by atoms with van der Waals surface area (Å²) in [6, 6.07) is 19.3. The first kappa shape index (κ1) is 30.6. The van der Waals surface area contributed by atoms with Crippen molar-refractivity contribution in [3.8, 4) is 17.9 Å². The van der Waals surface area contributed by atoms with E-state index in [1.54, 1.807) is 53.6 Å². The molecule has 2 aliphatic rings. The van der Waals surface area contributed by atoms with Gasteiger partial charge in [-0.3, -0.25) is 4.79 Å². The first-order valence-corrected chi connectivity index (χ1v) is 16.7. The number of carbonyl (C=O) groups is 2. The van der Waals surface area contributed by atoms with E-state index in [4.69, 9.17) is 10.00 Å². The van der Waals surface area contributed by atoms with Crippen LogP contribution in [0.1, 0.15) is 29.2 Å². The van der Waals surface area contributed by atoms with E-state index >= 15 is 0 Å². The second-order valence-corrected chi connectivity index (χ2v) is 13.0. The number of fused-ring (bicyclic) bond motifs is 1. The number of nitriles is 2. The van der Waals surface area contributed by atoms with Gasteiger partial charge in [-0.05, 0) is 54.8 Å². The van der Waals surface area contributed by atoms with E-state index < -0.39 is 27.5 Å². The smallest absolute Gasteiger partial charge is 0.318 e. The van der Waals surface area contributed by atoms with Crippen molar-refractivity contribution in [2.75, 3.05) is 42.0 Å². The highest BCUT2D eigenvalue weighted by molar-refractivity contribution is 7.93. The van der Waals surface area contributed by atoms with Gasteiger partial charge >= 0.3 is 6.03 Å². The summed E-state index contributed by atoms with van der Waals surface area (Å²) in [5.41, 5.74) is -1.04. The van der Waals surface area contributed by atoms with Gasteiger partial charge in [-0.1, -0.05) is 18.2 Å². The van der Waals surface area contributed by atoms with Crippen molar-refractivity contribution < 1.29 is 22.7 Å². The van der Waals surface area contributed by atoms with E-state index in [1.807, 2.05) is 11.0 Å². The number of nitrogens with one attached hydrogen (secondary N) is 1. The van der Waals surface area contributed by atoms with Gasteiger partial charge in [-0.2, -0.15) is 26.2 Å². The molecule has 4 aromatic rings. The van der Waals surface area contributed by atoms with Crippen LogP contribution in [0, 0.1) is 22.7 Å². The second-order valence-electron chi connectivity index (χ2n) is 10.5. The van der Waals surface area contributed by atoms with Crippen LogP contribution in [0.25, 0.3) is 0 Å². The third kappa shape index (κ3) is 5.07. The van der Waals surface area contributed by atoms with Crippen LogP contribution in [0.4, 0.5) is 16.3 Å². The summed E-state index contributed by atoms with van der Waals surface area (Å²) >= 11 is 1.17. The maximum atomic E-state index is 14.8. The Labute approximate surface area is 269 Å². The lowest BCUT2D eigenvalue weighted by Gasteiger charge is -2.38. The summed E-state index contributed by atoms with van der Waals surface area (Å²) in [5, 5.41) is 24.8. The number of aromatic nitrogens is 1. The molecule has 2 aromatic heterocycles. The topological polar surface area (TPSA) is 160 Å². The molecule has 6 rings (SSSR count). The first-order valence-electron chi connectivity index (χ1n) is 14.3. The minimum absolute atomic E-state index is 0.0264. The predicted octanol–water partition coefficient (Wildman–Crippen LogP) is 3.80. The fourth-order valence-corrected chi connectivity index (χ4v) is 8.21. The Balaban J connectivity index is 1.43. The number of ether oxygens (including phenoxy) is 1. The summed E-state index contributed by atoms with van der Waals surface area (Å²) in [5.74, 6) is 0.0162. The average Bonchev–Trinajstić information content (AvgIpc) is 3.72. The van der Waals surface area contributed by atoms with Crippen molar-refractivity contribution >= 4 is 44.8 Å². The summed E-state index contributed by atoms with van der Waals surface area (Å²) < 4.78 is 34.7. The van der Waals surface area contributed by atoms with Crippen molar-refractivity contribution in [1.82, 2.24) is 15.2 Å². The van der Waals surface area contributed by atoms with Gasteiger partial charge in [0, 0.05) is 48.9 Å². The van der Waals surface area contributed by atoms with Gasteiger partial charge < -0.3 is 19.9 Å². The number of urea groups is 1. The van der Waals surface area contributed by atoms with Gasteiger partial charge in [-0.25, -0.2) is 18.2 Å². The molecule has 14 heteroatoms. The van der Waals surface area contributed by atoms with Crippen molar-refractivity contribution in [2.24, 2.45) is 0 Å². The van der Waals surface area contributed by atoms with Gasteiger partial charge in [0.1, 0.15) is 17.6 Å². The highest BCUT2D eigenvalue weighted by Gasteiger charge is 2.58. The summed E-state index contributed by atoms with van der Waals surface area (Å²) in [6.45, 7) is 3.41. The molecular formula is C32H27N7O5S2. The molecule has 1 atom stereocenters. The minimum atomic E-state index is -4.41. The van der Waals surface area contributed by atoms with Gasteiger partial charge in [0.15, 0.2) is 5.54 Å². The standard InChI is InChI=1S/C32H27N7O5S2/c1-2-44-28-6-4-3-5-25(28)32(36-31(41)38-14-12-37(13-15-38)29-10-8-23(19-34)20-35-29)26-17-22(18-33)7-9-27(26)39(30(32)40)46(42,43)24-11-16-45-21-24/h3-11,16-17,20-21H,2,12-15H2,1H3,(H,36,41). The monoisotopic (exact) mass is 653 g/mol. The third-order valence-corrected chi connectivity index (χ3v) is 10.5. The largest absolute Gasteiger partial charge is 0.493 e. The fourth-order valence-electron chi connectivity index (χ4n) is 5.73. The quantitative estimate of drug-likeness (QED) is 0.313. The number of para-hydroxylation sites is 1. The van der Waals surface area contributed by atoms with Gasteiger partial charge in [0.25, 0.3) is 15.9 Å². The Hall–Kier alpha value is -5.44. The van der Waals surface area contributed by atoms with E-state index in [0.717, 1.165) is 0 Å². The Morgan fingerprint density at radius 1 is 1.02 bits per heavy atom. The van der Waals surface area contributed by atoms with Crippen LogP contribution in [-0.4, -0.2) is 63.0 Å². The van der Waals surface area contributed by atoms with E-state index in [1.165, 1.54) is 47.2 Å². The SMILES string of the molecule is CCOc1ccccc1C1(NC(=O)N2CCN(c3ccc(C#N)cn3)CC2)C(=O)N(S(=O)(=O)c2ccsc2)c2ccc(C#N)cc21. The number of hydrogen-bond acceptors (Lipinski definition) is 10. The molecule has 1 saturated heterocycles. The van der Waals surface area contributed by atoms with Crippen LogP contribution >= 0.6 is 11.3 Å². The zero-order valence-electron chi connectivity index (χ0n) is 24.6. The number of benzene rings is 2. The van der Waals surface area contributed by atoms with Gasteiger partial charge in [0.05, 0.1) is 34.4 Å². The number of carbonyl (C=O) groups excluding carboxylic acids is 2. The van der Waals surface area contributed by atoms with Crippen LogP contribution in [0.5, 0.6) is 5.75 Å². The molecule has 2 aliphatic heterocycles. The van der Waals surface area contributed by atoms with E-state index in [2.05, 4.69) is 16.4 Å². The van der Waals surface area contributed by atoms with Crippen molar-refractivity contribution in [1.29, 1.82) is 10.5 Å². The number of anilines is 2. The van der Waals surface area contributed by atoms with Crippen LogP contribution in [0.3, 0.4) is 0 Å². The van der Waals surface area contributed by atoms with E-state index in [0.29, 0.717) is 28.8 Å². The Morgan fingerprint density at radius 3 is 2.41 bits per heavy atom. The van der Waals surface area contributed by atoms with Gasteiger partial charge in [0.2, 0.25) is 0 Å². The van der Waals surface area contributed by atoms with Crippen molar-refractivity contribution in [2.45, 2.75) is 17.4 Å². The lowest BCUT2D eigenvalue weighted by Crippen LogP contribution is -2.60. The summed E-state index contributed by atoms with van der Waals surface area (Å²) in [7, 11) is -4.41. The number of amides is 3. The molecule has 1 fully saturated rings. The van der Waals surface area contributed by atoms with Gasteiger partial charge in [-0.15, -0.1) is 0 Å². The molecule has 0 spiro atoms. The number of rotatable bonds is 7.